The van der Waals surface area contributed by atoms with Crippen LogP contribution in [0.1, 0.15) is 94.6 Å². The van der Waals surface area contributed by atoms with E-state index in [0.717, 1.165) is 75.4 Å². The van der Waals surface area contributed by atoms with E-state index in [1.165, 1.54) is 30.4 Å². The van der Waals surface area contributed by atoms with E-state index in [2.05, 4.69) is 45.9 Å². The maximum atomic E-state index is 13.0. The van der Waals surface area contributed by atoms with Crippen LogP contribution in [0.4, 0.5) is 5.69 Å². The number of halogens is 1. The molecule has 2 fully saturated rings. The predicted octanol–water partition coefficient (Wildman–Crippen LogP) is 7.06. The average molecular weight is 538 g/mol. The van der Waals surface area contributed by atoms with E-state index in [9.17, 15) is 9.59 Å². The van der Waals surface area contributed by atoms with E-state index in [4.69, 9.17) is 11.6 Å². The molecule has 6 heteroatoms. The first-order valence-electron chi connectivity index (χ1n) is 14.6. The smallest absolute Gasteiger partial charge is 0.224 e. The van der Waals surface area contributed by atoms with Crippen LogP contribution in [0.15, 0.2) is 48.5 Å². The fourth-order valence-electron chi connectivity index (χ4n) is 6.31. The van der Waals surface area contributed by atoms with E-state index in [0.29, 0.717) is 18.8 Å². The fraction of sp³-hybridized carbons (Fsp3) is 0.562. The van der Waals surface area contributed by atoms with Gasteiger partial charge in [0.1, 0.15) is 0 Å². The molecule has 2 aromatic carbocycles. The van der Waals surface area contributed by atoms with Crippen molar-refractivity contribution in [1.82, 2.24) is 10.2 Å². The second-order valence-electron chi connectivity index (χ2n) is 11.3. The van der Waals surface area contributed by atoms with Crippen LogP contribution in [0, 0.1) is 0 Å². The van der Waals surface area contributed by atoms with Crippen molar-refractivity contribution in [2.24, 2.45) is 0 Å². The molecule has 0 radical (unpaired) electrons. The summed E-state index contributed by atoms with van der Waals surface area (Å²) in [6.45, 7) is 5.92. The summed E-state index contributed by atoms with van der Waals surface area (Å²) < 4.78 is 0. The SMILES string of the molecule is CCCC(=O)Nc1cccc(C2CCN(CCCNC(=O)CC3(c4ccc(Cl)cc4)CCCCC3)CC2)c1. The molecule has 206 valence electrons. The molecular formula is C32H44ClN3O2. The molecule has 5 nitrogen and oxygen atoms in total. The highest BCUT2D eigenvalue weighted by Gasteiger charge is 2.36. The van der Waals surface area contributed by atoms with Gasteiger partial charge in [-0.1, -0.05) is 62.1 Å². The lowest BCUT2D eigenvalue weighted by Gasteiger charge is -2.37. The molecule has 2 aromatic rings. The minimum absolute atomic E-state index is 0.0507. The van der Waals surface area contributed by atoms with Gasteiger partial charge in [0.25, 0.3) is 0 Å². The first-order valence-corrected chi connectivity index (χ1v) is 15.0. The lowest BCUT2D eigenvalue weighted by atomic mass is 9.67. The maximum absolute atomic E-state index is 13.0. The Hall–Kier alpha value is -2.37. The van der Waals surface area contributed by atoms with Crippen molar-refractivity contribution >= 4 is 29.1 Å². The largest absolute Gasteiger partial charge is 0.356 e. The molecule has 0 atom stereocenters. The fourth-order valence-corrected chi connectivity index (χ4v) is 6.44. The number of carbonyl (C=O) groups excluding carboxylic acids is 2. The van der Waals surface area contributed by atoms with Crippen LogP contribution in [0.3, 0.4) is 0 Å². The third kappa shape index (κ3) is 8.07. The van der Waals surface area contributed by atoms with Crippen LogP contribution >= 0.6 is 11.6 Å². The molecule has 2 N–H and O–H groups in total. The van der Waals surface area contributed by atoms with Crippen molar-refractivity contribution < 1.29 is 9.59 Å². The lowest BCUT2D eigenvalue weighted by Crippen LogP contribution is -2.38. The van der Waals surface area contributed by atoms with Gasteiger partial charge in [-0.05, 0) is 99.5 Å². The van der Waals surface area contributed by atoms with Crippen LogP contribution in [0.5, 0.6) is 0 Å². The van der Waals surface area contributed by atoms with Crippen molar-refractivity contribution in [3.8, 4) is 0 Å². The Bertz CT molecular complexity index is 1040. The van der Waals surface area contributed by atoms with Gasteiger partial charge in [-0.2, -0.15) is 0 Å². The highest BCUT2D eigenvalue weighted by molar-refractivity contribution is 6.30. The molecule has 1 heterocycles. The van der Waals surface area contributed by atoms with Gasteiger partial charge in [-0.3, -0.25) is 9.59 Å². The number of carbonyl (C=O) groups is 2. The van der Waals surface area contributed by atoms with Gasteiger partial charge in [0.05, 0.1) is 0 Å². The van der Waals surface area contributed by atoms with E-state index in [1.54, 1.807) is 0 Å². The van der Waals surface area contributed by atoms with E-state index >= 15 is 0 Å². The molecule has 4 rings (SSSR count). The molecule has 1 saturated heterocycles. The molecular weight excluding hydrogens is 494 g/mol. The third-order valence-electron chi connectivity index (χ3n) is 8.45. The van der Waals surface area contributed by atoms with Crippen LogP contribution in [-0.2, 0) is 15.0 Å². The summed E-state index contributed by atoms with van der Waals surface area (Å²) in [6.07, 6.45) is 11.0. The highest BCUT2D eigenvalue weighted by Crippen LogP contribution is 2.42. The number of rotatable bonds is 11. The zero-order valence-electron chi connectivity index (χ0n) is 22.9. The molecule has 0 unspecified atom stereocenters. The molecule has 0 spiro atoms. The van der Waals surface area contributed by atoms with E-state index in [1.807, 2.05) is 25.1 Å². The van der Waals surface area contributed by atoms with Gasteiger partial charge in [0.2, 0.25) is 11.8 Å². The summed E-state index contributed by atoms with van der Waals surface area (Å²) in [7, 11) is 0. The Kier molecular flexibility index (Phi) is 10.7. The molecule has 38 heavy (non-hydrogen) atoms. The van der Waals surface area contributed by atoms with Crippen LogP contribution in [-0.4, -0.2) is 42.9 Å². The van der Waals surface area contributed by atoms with Crippen LogP contribution < -0.4 is 10.6 Å². The number of benzene rings is 2. The molecule has 0 aromatic heterocycles. The Labute approximate surface area is 233 Å². The van der Waals surface area contributed by atoms with Gasteiger partial charge in [-0.25, -0.2) is 0 Å². The summed E-state index contributed by atoms with van der Waals surface area (Å²) in [4.78, 5) is 27.4. The standard InChI is InChI=1S/C32H44ClN3O2/c1-2-8-30(37)35-29-10-6-9-26(23-29)25-15-21-36(22-16-25)20-7-19-34-31(38)24-32(17-4-3-5-18-32)27-11-13-28(33)14-12-27/h6,9-14,23,25H,2-5,7-8,15-22,24H2,1H3,(H,34,38)(H,35,37). The Balaban J connectivity index is 1.18. The Morgan fingerprint density at radius 1 is 1.00 bits per heavy atom. The summed E-state index contributed by atoms with van der Waals surface area (Å²) in [5.41, 5.74) is 3.44. The van der Waals surface area contributed by atoms with Crippen molar-refractivity contribution in [2.75, 3.05) is 31.5 Å². The average Bonchev–Trinajstić information content (AvgIpc) is 2.92. The third-order valence-corrected chi connectivity index (χ3v) is 8.70. The number of piperidine rings is 1. The van der Waals surface area contributed by atoms with Gasteiger partial charge in [0, 0.05) is 35.5 Å². The molecule has 1 aliphatic heterocycles. The monoisotopic (exact) mass is 537 g/mol. The summed E-state index contributed by atoms with van der Waals surface area (Å²) in [5, 5.41) is 6.99. The summed E-state index contributed by atoms with van der Waals surface area (Å²) >= 11 is 6.12. The number of hydrogen-bond donors (Lipinski definition) is 2. The number of hydrogen-bond acceptors (Lipinski definition) is 3. The normalized spacial score (nSPS) is 18.2. The Morgan fingerprint density at radius 3 is 2.45 bits per heavy atom. The topological polar surface area (TPSA) is 61.4 Å². The van der Waals surface area contributed by atoms with E-state index < -0.39 is 0 Å². The van der Waals surface area contributed by atoms with E-state index in [-0.39, 0.29) is 17.2 Å². The number of nitrogens with zero attached hydrogens (tertiary/aromatic N) is 1. The van der Waals surface area contributed by atoms with Gasteiger partial charge >= 0.3 is 0 Å². The molecule has 2 amide bonds. The zero-order valence-corrected chi connectivity index (χ0v) is 23.7. The molecule has 1 saturated carbocycles. The van der Waals surface area contributed by atoms with Crippen molar-refractivity contribution in [1.29, 1.82) is 0 Å². The molecule has 0 bridgehead atoms. The van der Waals surface area contributed by atoms with Crippen molar-refractivity contribution in [3.05, 3.63) is 64.7 Å². The Morgan fingerprint density at radius 2 is 1.74 bits per heavy atom. The van der Waals surface area contributed by atoms with Crippen molar-refractivity contribution in [2.45, 2.75) is 88.9 Å². The molecule has 2 aliphatic rings. The zero-order chi connectivity index (χ0) is 26.8. The number of likely N-dealkylation sites (tertiary alicyclic amines) is 1. The number of amides is 2. The first-order chi connectivity index (χ1) is 18.5. The van der Waals surface area contributed by atoms with Crippen molar-refractivity contribution in [3.63, 3.8) is 0 Å². The maximum Gasteiger partial charge on any atom is 0.224 e. The quantitative estimate of drug-likeness (QED) is 0.302. The minimum atomic E-state index is -0.0507. The highest BCUT2D eigenvalue weighted by atomic mass is 35.5. The lowest BCUT2D eigenvalue weighted by molar-refractivity contribution is -0.122. The second-order valence-corrected chi connectivity index (χ2v) is 11.7. The predicted molar refractivity (Wildman–Crippen MR) is 157 cm³/mol. The first kappa shape index (κ1) is 28.6. The second kappa shape index (κ2) is 14.1. The van der Waals surface area contributed by atoms with Crippen LogP contribution in [0.25, 0.3) is 0 Å². The summed E-state index contributed by atoms with van der Waals surface area (Å²) in [6, 6.07) is 16.5. The number of anilines is 1. The summed E-state index contributed by atoms with van der Waals surface area (Å²) in [5.74, 6) is 0.797. The minimum Gasteiger partial charge on any atom is -0.356 e. The van der Waals surface area contributed by atoms with Gasteiger partial charge < -0.3 is 15.5 Å². The molecule has 1 aliphatic carbocycles. The van der Waals surface area contributed by atoms with Gasteiger partial charge in [-0.15, -0.1) is 0 Å². The van der Waals surface area contributed by atoms with Gasteiger partial charge in [0.15, 0.2) is 0 Å². The number of nitrogens with one attached hydrogen (secondary N) is 2. The van der Waals surface area contributed by atoms with Crippen LogP contribution in [0.2, 0.25) is 5.02 Å².